The molecule has 108 valence electrons. The van der Waals surface area contributed by atoms with E-state index in [0.717, 1.165) is 12.1 Å². The van der Waals surface area contributed by atoms with Gasteiger partial charge < -0.3 is 0 Å². The summed E-state index contributed by atoms with van der Waals surface area (Å²) in [4.78, 5) is 2.80. The van der Waals surface area contributed by atoms with Crippen molar-refractivity contribution in [3.8, 4) is 0 Å². The van der Waals surface area contributed by atoms with Gasteiger partial charge in [0.2, 0.25) is 0 Å². The van der Waals surface area contributed by atoms with Crippen molar-refractivity contribution in [3.63, 3.8) is 0 Å². The number of anilines is 1. The summed E-state index contributed by atoms with van der Waals surface area (Å²) in [7, 11) is -4.43. The molecule has 0 bridgehead atoms. The molecule has 0 fully saturated rings. The van der Waals surface area contributed by atoms with Gasteiger partial charge in [-0.25, -0.2) is 13.1 Å². The van der Waals surface area contributed by atoms with Gasteiger partial charge in [-0.3, -0.25) is 5.10 Å². The van der Waals surface area contributed by atoms with Gasteiger partial charge in [0.05, 0.1) is 10.5 Å². The van der Waals surface area contributed by atoms with Crippen LogP contribution < -0.4 is 4.72 Å². The SMILES string of the molecule is Cc1nc(NS(=O)(=O)c2ccccc2C(F)(F)F)n[nH]1. The average Bonchev–Trinajstić information content (AvgIpc) is 2.73. The summed E-state index contributed by atoms with van der Waals surface area (Å²) in [5.41, 5.74) is -1.25. The summed E-state index contributed by atoms with van der Waals surface area (Å²) in [5, 5.41) is 5.89. The Morgan fingerprint density at radius 1 is 1.25 bits per heavy atom. The van der Waals surface area contributed by atoms with Gasteiger partial charge in [0, 0.05) is 0 Å². The zero-order chi connectivity index (χ0) is 15.0. The maximum atomic E-state index is 12.8. The minimum absolute atomic E-state index is 0.320. The molecule has 0 saturated heterocycles. The maximum absolute atomic E-state index is 12.8. The second kappa shape index (κ2) is 4.78. The van der Waals surface area contributed by atoms with Crippen molar-refractivity contribution in [1.29, 1.82) is 0 Å². The van der Waals surface area contributed by atoms with E-state index >= 15 is 0 Å². The number of benzene rings is 1. The Kier molecular flexibility index (Phi) is 3.42. The molecule has 0 saturated carbocycles. The van der Waals surface area contributed by atoms with Crippen LogP contribution in [-0.4, -0.2) is 23.6 Å². The first-order valence-corrected chi connectivity index (χ1v) is 6.76. The average molecular weight is 306 g/mol. The van der Waals surface area contributed by atoms with Gasteiger partial charge in [0.1, 0.15) is 5.82 Å². The Hall–Kier alpha value is -2.10. The molecule has 0 amide bonds. The zero-order valence-corrected chi connectivity index (χ0v) is 10.9. The van der Waals surface area contributed by atoms with E-state index in [9.17, 15) is 21.6 Å². The monoisotopic (exact) mass is 306 g/mol. The predicted octanol–water partition coefficient (Wildman–Crippen LogP) is 1.93. The first-order valence-electron chi connectivity index (χ1n) is 5.28. The highest BCUT2D eigenvalue weighted by molar-refractivity contribution is 7.92. The minimum atomic E-state index is -4.78. The molecule has 6 nitrogen and oxygen atoms in total. The number of aromatic nitrogens is 3. The van der Waals surface area contributed by atoms with Crippen molar-refractivity contribution in [3.05, 3.63) is 35.7 Å². The third-order valence-corrected chi connectivity index (χ3v) is 3.69. The summed E-state index contributed by atoms with van der Waals surface area (Å²) in [6.45, 7) is 1.52. The number of halogens is 3. The second-order valence-electron chi connectivity index (χ2n) is 3.84. The molecule has 1 heterocycles. The van der Waals surface area contributed by atoms with Crippen LogP contribution in [0.2, 0.25) is 0 Å². The van der Waals surface area contributed by atoms with Crippen molar-refractivity contribution in [1.82, 2.24) is 15.2 Å². The van der Waals surface area contributed by atoms with Crippen LogP contribution in [0.5, 0.6) is 0 Å². The fraction of sp³-hybridized carbons (Fsp3) is 0.200. The van der Waals surface area contributed by atoms with Crippen molar-refractivity contribution < 1.29 is 21.6 Å². The molecule has 0 aliphatic carbocycles. The van der Waals surface area contributed by atoms with Crippen LogP contribution in [0.15, 0.2) is 29.2 Å². The lowest BCUT2D eigenvalue weighted by Crippen LogP contribution is -2.19. The van der Waals surface area contributed by atoms with E-state index in [1.165, 1.54) is 13.0 Å². The Balaban J connectivity index is 2.45. The molecule has 0 radical (unpaired) electrons. The molecule has 1 aromatic carbocycles. The standard InChI is InChI=1S/C10H9F3N4O2S/c1-6-14-9(16-15-6)17-20(18,19)8-5-3-2-4-7(8)10(11,12)13/h2-5H,1H3,(H2,14,15,16,17). The third kappa shape index (κ3) is 2.90. The van der Waals surface area contributed by atoms with E-state index in [0.29, 0.717) is 11.9 Å². The lowest BCUT2D eigenvalue weighted by atomic mass is 10.2. The first kappa shape index (κ1) is 14.3. The summed E-state index contributed by atoms with van der Waals surface area (Å²) < 4.78 is 64.2. The highest BCUT2D eigenvalue weighted by atomic mass is 32.2. The van der Waals surface area contributed by atoms with Gasteiger partial charge >= 0.3 is 6.18 Å². The van der Waals surface area contributed by atoms with E-state index in [2.05, 4.69) is 15.2 Å². The molecule has 10 heteroatoms. The fourth-order valence-electron chi connectivity index (χ4n) is 1.50. The zero-order valence-electron chi connectivity index (χ0n) is 10.1. The van der Waals surface area contributed by atoms with E-state index in [1.54, 1.807) is 0 Å². The molecule has 0 aliphatic heterocycles. The number of nitrogens with one attached hydrogen (secondary N) is 2. The number of alkyl halides is 3. The fourth-order valence-corrected chi connectivity index (χ4v) is 2.67. The normalized spacial score (nSPS) is 12.4. The molecule has 2 rings (SSSR count). The van der Waals surface area contributed by atoms with Crippen LogP contribution in [0, 0.1) is 6.92 Å². The number of aryl methyl sites for hydroxylation is 1. The number of sulfonamides is 1. The van der Waals surface area contributed by atoms with Crippen LogP contribution in [-0.2, 0) is 16.2 Å². The van der Waals surface area contributed by atoms with E-state index in [4.69, 9.17) is 0 Å². The number of nitrogens with zero attached hydrogens (tertiary/aromatic N) is 2. The number of hydrogen-bond donors (Lipinski definition) is 2. The molecule has 0 aliphatic rings. The highest BCUT2D eigenvalue weighted by Crippen LogP contribution is 2.34. The lowest BCUT2D eigenvalue weighted by Gasteiger charge is -2.12. The molecular weight excluding hydrogens is 297 g/mol. The minimum Gasteiger partial charge on any atom is -0.261 e. The topological polar surface area (TPSA) is 87.7 Å². The van der Waals surface area contributed by atoms with Crippen molar-refractivity contribution in [2.75, 3.05) is 4.72 Å². The lowest BCUT2D eigenvalue weighted by molar-refractivity contribution is -0.139. The number of hydrogen-bond acceptors (Lipinski definition) is 4. The second-order valence-corrected chi connectivity index (χ2v) is 5.49. The highest BCUT2D eigenvalue weighted by Gasteiger charge is 2.37. The van der Waals surface area contributed by atoms with Crippen molar-refractivity contribution in [2.45, 2.75) is 18.0 Å². The third-order valence-electron chi connectivity index (χ3n) is 2.30. The Morgan fingerprint density at radius 2 is 1.90 bits per heavy atom. The Labute approximate surface area is 112 Å². The van der Waals surface area contributed by atoms with Crippen molar-refractivity contribution in [2.24, 2.45) is 0 Å². The molecule has 1 aromatic heterocycles. The van der Waals surface area contributed by atoms with Gasteiger partial charge in [0.25, 0.3) is 16.0 Å². The number of aromatic amines is 1. The maximum Gasteiger partial charge on any atom is 0.417 e. The Morgan fingerprint density at radius 3 is 2.45 bits per heavy atom. The summed E-state index contributed by atoms with van der Waals surface area (Å²) >= 11 is 0. The predicted molar refractivity (Wildman–Crippen MR) is 63.4 cm³/mol. The van der Waals surface area contributed by atoms with Crippen LogP contribution >= 0.6 is 0 Å². The molecule has 0 atom stereocenters. The quantitative estimate of drug-likeness (QED) is 0.907. The molecule has 0 spiro atoms. The van der Waals surface area contributed by atoms with Gasteiger partial charge in [0.15, 0.2) is 0 Å². The van der Waals surface area contributed by atoms with Crippen molar-refractivity contribution >= 4 is 16.0 Å². The van der Waals surface area contributed by atoms with E-state index < -0.39 is 26.7 Å². The molecule has 2 aromatic rings. The van der Waals surface area contributed by atoms with Crippen LogP contribution in [0.4, 0.5) is 19.1 Å². The number of rotatable bonds is 3. The molecule has 20 heavy (non-hydrogen) atoms. The first-order chi connectivity index (χ1) is 9.20. The summed E-state index contributed by atoms with van der Waals surface area (Å²) in [6, 6.07) is 3.87. The van der Waals surface area contributed by atoms with E-state index in [1.807, 2.05) is 4.72 Å². The summed E-state index contributed by atoms with van der Waals surface area (Å²) in [6.07, 6.45) is -4.78. The number of H-pyrrole nitrogens is 1. The van der Waals surface area contributed by atoms with E-state index in [-0.39, 0.29) is 5.95 Å². The van der Waals surface area contributed by atoms with Gasteiger partial charge in [-0.2, -0.15) is 18.2 Å². The van der Waals surface area contributed by atoms with Gasteiger partial charge in [-0.15, -0.1) is 5.10 Å². The summed E-state index contributed by atoms with van der Waals surface area (Å²) in [5.74, 6) is 0.00582. The largest absolute Gasteiger partial charge is 0.417 e. The van der Waals surface area contributed by atoms with Crippen LogP contribution in [0.1, 0.15) is 11.4 Å². The van der Waals surface area contributed by atoms with Crippen LogP contribution in [0.3, 0.4) is 0 Å². The molecule has 2 N–H and O–H groups in total. The smallest absolute Gasteiger partial charge is 0.261 e. The molecular formula is C10H9F3N4O2S. The van der Waals surface area contributed by atoms with Gasteiger partial charge in [-0.1, -0.05) is 12.1 Å². The molecule has 0 unspecified atom stereocenters. The van der Waals surface area contributed by atoms with Crippen LogP contribution in [0.25, 0.3) is 0 Å². The van der Waals surface area contributed by atoms with Gasteiger partial charge in [-0.05, 0) is 19.1 Å². The Bertz CT molecular complexity index is 724.